The first kappa shape index (κ1) is 14.8. The molecule has 1 unspecified atom stereocenters. The first-order valence-corrected chi connectivity index (χ1v) is 9.01. The van der Waals surface area contributed by atoms with Crippen molar-refractivity contribution in [3.63, 3.8) is 0 Å². The van der Waals surface area contributed by atoms with Gasteiger partial charge in [0.25, 0.3) is 0 Å². The van der Waals surface area contributed by atoms with Crippen LogP contribution in [0.4, 0.5) is 0 Å². The number of aromatic nitrogens is 3. The maximum atomic E-state index is 5.96. The van der Waals surface area contributed by atoms with Gasteiger partial charge in [-0.15, -0.1) is 10.2 Å². The fraction of sp³-hybridized carbons (Fsp3) is 0.333. The lowest BCUT2D eigenvalue weighted by Gasteiger charge is -2.28. The zero-order chi connectivity index (χ0) is 16.8. The van der Waals surface area contributed by atoms with Crippen LogP contribution in [0.2, 0.25) is 0 Å². The number of aryl methyl sites for hydroxylation is 2. The second kappa shape index (κ2) is 5.81. The SMILES string of the molecule is Cc1nnc2n1-c1cccc(C3CCCc4ccccc43)c1COC2. The molecule has 0 radical (unpaired) electrons. The van der Waals surface area contributed by atoms with Gasteiger partial charge in [0.05, 0.1) is 12.3 Å². The molecule has 2 aromatic carbocycles. The molecule has 0 saturated heterocycles. The van der Waals surface area contributed by atoms with E-state index in [-0.39, 0.29) is 0 Å². The van der Waals surface area contributed by atoms with E-state index in [9.17, 15) is 0 Å². The van der Waals surface area contributed by atoms with E-state index in [0.717, 1.165) is 11.6 Å². The van der Waals surface area contributed by atoms with Crippen molar-refractivity contribution >= 4 is 0 Å². The third kappa shape index (κ3) is 2.32. The van der Waals surface area contributed by atoms with Gasteiger partial charge in [0.15, 0.2) is 5.82 Å². The summed E-state index contributed by atoms with van der Waals surface area (Å²) in [6.07, 6.45) is 3.62. The number of fused-ring (bicyclic) bond motifs is 4. The molecular weight excluding hydrogens is 310 g/mol. The van der Waals surface area contributed by atoms with Crippen molar-refractivity contribution < 1.29 is 4.74 Å². The molecule has 2 aliphatic rings. The van der Waals surface area contributed by atoms with Gasteiger partial charge in [-0.25, -0.2) is 0 Å². The third-order valence-corrected chi connectivity index (χ3v) is 5.54. The van der Waals surface area contributed by atoms with Crippen molar-refractivity contribution in [1.29, 1.82) is 0 Å². The van der Waals surface area contributed by atoms with Crippen molar-refractivity contribution in [3.05, 3.63) is 76.4 Å². The van der Waals surface area contributed by atoms with Crippen molar-refractivity contribution in [2.45, 2.75) is 45.3 Å². The maximum absolute atomic E-state index is 5.96. The highest BCUT2D eigenvalue weighted by Gasteiger charge is 2.27. The fourth-order valence-corrected chi connectivity index (χ4v) is 4.42. The molecule has 0 saturated carbocycles. The molecule has 1 aliphatic heterocycles. The standard InChI is InChI=1S/C21H21N3O/c1-14-22-23-21-13-25-12-19-18(10-5-11-20(19)24(14)21)17-9-4-7-15-6-2-3-8-16(15)17/h2-3,5-6,8,10-11,17H,4,7,9,12-13H2,1H3. The van der Waals surface area contributed by atoms with Gasteiger partial charge in [0, 0.05) is 11.5 Å². The van der Waals surface area contributed by atoms with Gasteiger partial charge in [0.1, 0.15) is 12.4 Å². The van der Waals surface area contributed by atoms with Crippen molar-refractivity contribution in [3.8, 4) is 5.69 Å². The van der Waals surface area contributed by atoms with E-state index in [2.05, 4.69) is 57.2 Å². The molecule has 0 N–H and O–H groups in total. The summed E-state index contributed by atoms with van der Waals surface area (Å²) in [5, 5.41) is 8.53. The Hall–Kier alpha value is -2.46. The van der Waals surface area contributed by atoms with E-state index >= 15 is 0 Å². The van der Waals surface area contributed by atoms with Gasteiger partial charge in [-0.2, -0.15) is 0 Å². The first-order chi connectivity index (χ1) is 12.3. The summed E-state index contributed by atoms with van der Waals surface area (Å²) in [4.78, 5) is 0. The van der Waals surface area contributed by atoms with Crippen LogP contribution in [0.1, 0.15) is 52.7 Å². The van der Waals surface area contributed by atoms with Gasteiger partial charge >= 0.3 is 0 Å². The highest BCUT2D eigenvalue weighted by molar-refractivity contribution is 5.52. The fourth-order valence-electron chi connectivity index (χ4n) is 4.42. The van der Waals surface area contributed by atoms with Gasteiger partial charge < -0.3 is 4.74 Å². The topological polar surface area (TPSA) is 39.9 Å². The Labute approximate surface area is 147 Å². The lowest BCUT2D eigenvalue weighted by atomic mass is 9.77. The predicted octanol–water partition coefficient (Wildman–Crippen LogP) is 4.07. The first-order valence-electron chi connectivity index (χ1n) is 9.01. The van der Waals surface area contributed by atoms with Crippen molar-refractivity contribution in [1.82, 2.24) is 14.8 Å². The quantitative estimate of drug-likeness (QED) is 0.675. The molecule has 0 bridgehead atoms. The second-order valence-electron chi connectivity index (χ2n) is 6.98. The van der Waals surface area contributed by atoms with Crippen LogP contribution in [-0.2, 0) is 24.4 Å². The summed E-state index contributed by atoms with van der Waals surface area (Å²) in [6.45, 7) is 3.15. The van der Waals surface area contributed by atoms with Crippen LogP contribution >= 0.6 is 0 Å². The monoisotopic (exact) mass is 331 g/mol. The predicted molar refractivity (Wildman–Crippen MR) is 95.8 cm³/mol. The summed E-state index contributed by atoms with van der Waals surface area (Å²) >= 11 is 0. The smallest absolute Gasteiger partial charge is 0.163 e. The number of hydrogen-bond acceptors (Lipinski definition) is 3. The second-order valence-corrected chi connectivity index (χ2v) is 6.98. The molecule has 5 rings (SSSR count). The van der Waals surface area contributed by atoms with Gasteiger partial charge in [-0.1, -0.05) is 36.4 Å². The van der Waals surface area contributed by atoms with E-state index < -0.39 is 0 Å². The number of rotatable bonds is 1. The molecule has 1 aromatic heterocycles. The molecule has 4 heteroatoms. The molecule has 25 heavy (non-hydrogen) atoms. The Balaban J connectivity index is 1.70. The van der Waals surface area contributed by atoms with Crippen LogP contribution in [0.25, 0.3) is 5.69 Å². The largest absolute Gasteiger partial charge is 0.369 e. The molecule has 1 aliphatic carbocycles. The minimum Gasteiger partial charge on any atom is -0.369 e. The van der Waals surface area contributed by atoms with E-state index in [1.54, 1.807) is 0 Å². The highest BCUT2D eigenvalue weighted by Crippen LogP contribution is 2.40. The highest BCUT2D eigenvalue weighted by atomic mass is 16.5. The summed E-state index contributed by atoms with van der Waals surface area (Å²) < 4.78 is 8.11. The molecule has 126 valence electrons. The van der Waals surface area contributed by atoms with E-state index in [4.69, 9.17) is 4.74 Å². The molecule has 4 nitrogen and oxygen atoms in total. The molecule has 0 spiro atoms. The van der Waals surface area contributed by atoms with Gasteiger partial charge in [0.2, 0.25) is 0 Å². The lowest BCUT2D eigenvalue weighted by Crippen LogP contribution is -2.14. The Morgan fingerprint density at radius 1 is 1.00 bits per heavy atom. The zero-order valence-corrected chi connectivity index (χ0v) is 14.4. The maximum Gasteiger partial charge on any atom is 0.163 e. The Bertz CT molecular complexity index is 944. The average molecular weight is 331 g/mol. The van der Waals surface area contributed by atoms with Crippen LogP contribution in [0.3, 0.4) is 0 Å². The normalized spacial score (nSPS) is 18.8. The molecule has 1 atom stereocenters. The third-order valence-electron chi connectivity index (χ3n) is 5.54. The van der Waals surface area contributed by atoms with Crippen molar-refractivity contribution in [2.75, 3.05) is 0 Å². The van der Waals surface area contributed by atoms with Crippen LogP contribution in [0.15, 0.2) is 42.5 Å². The Morgan fingerprint density at radius 3 is 2.84 bits per heavy atom. The number of benzene rings is 2. The van der Waals surface area contributed by atoms with Gasteiger partial charge in [-0.3, -0.25) is 4.57 Å². The molecular formula is C21H21N3O. The van der Waals surface area contributed by atoms with E-state index in [1.165, 1.54) is 47.2 Å². The number of nitrogens with zero attached hydrogens (tertiary/aromatic N) is 3. The summed E-state index contributed by atoms with van der Waals surface area (Å²) in [5.41, 5.74) is 6.83. The zero-order valence-electron chi connectivity index (χ0n) is 14.4. The lowest BCUT2D eigenvalue weighted by molar-refractivity contribution is 0.104. The molecule has 0 fully saturated rings. The molecule has 2 heterocycles. The van der Waals surface area contributed by atoms with Crippen LogP contribution < -0.4 is 0 Å². The van der Waals surface area contributed by atoms with Crippen LogP contribution in [-0.4, -0.2) is 14.8 Å². The Morgan fingerprint density at radius 2 is 1.88 bits per heavy atom. The summed E-state index contributed by atoms with van der Waals surface area (Å²) in [6, 6.07) is 15.5. The molecule has 3 aromatic rings. The van der Waals surface area contributed by atoms with Crippen LogP contribution in [0.5, 0.6) is 0 Å². The van der Waals surface area contributed by atoms with Crippen molar-refractivity contribution in [2.24, 2.45) is 0 Å². The average Bonchev–Trinajstić information content (AvgIpc) is 2.91. The van der Waals surface area contributed by atoms with E-state index in [1.807, 2.05) is 6.92 Å². The number of hydrogen-bond donors (Lipinski definition) is 0. The molecule has 0 amide bonds. The summed E-state index contributed by atoms with van der Waals surface area (Å²) in [5.74, 6) is 2.25. The van der Waals surface area contributed by atoms with Crippen LogP contribution in [0, 0.1) is 6.92 Å². The van der Waals surface area contributed by atoms with E-state index in [0.29, 0.717) is 19.1 Å². The minimum absolute atomic E-state index is 0.446. The number of ether oxygens (including phenoxy) is 1. The Kier molecular flexibility index (Phi) is 3.45. The summed E-state index contributed by atoms with van der Waals surface area (Å²) in [7, 11) is 0. The minimum atomic E-state index is 0.446. The van der Waals surface area contributed by atoms with Gasteiger partial charge in [-0.05, 0) is 48.9 Å².